The highest BCUT2D eigenvalue weighted by molar-refractivity contribution is 5.79. The summed E-state index contributed by atoms with van der Waals surface area (Å²) in [6.45, 7) is 9.79. The third-order valence-corrected chi connectivity index (χ3v) is 2.55. The number of carbonyl (C=O) groups is 2. The molecule has 0 aliphatic rings. The standard InChI is InChI=1S/C12H22N2O4/c1-4-9-18-12(17)13-10(11(15)16)7-8-14(5-2)6-3/h4,10H,1,5-9H2,2-3H3,(H,13,17)(H,15,16). The van der Waals surface area contributed by atoms with Gasteiger partial charge in [-0.3, -0.25) is 0 Å². The van der Waals surface area contributed by atoms with E-state index >= 15 is 0 Å². The highest BCUT2D eigenvalue weighted by atomic mass is 16.5. The maximum absolute atomic E-state index is 11.2. The van der Waals surface area contributed by atoms with E-state index in [4.69, 9.17) is 5.11 Å². The molecule has 1 unspecified atom stereocenters. The predicted octanol–water partition coefficient (Wildman–Crippen LogP) is 1.08. The molecule has 0 bridgehead atoms. The summed E-state index contributed by atoms with van der Waals surface area (Å²) < 4.78 is 4.69. The van der Waals surface area contributed by atoms with Crippen molar-refractivity contribution in [1.29, 1.82) is 0 Å². The van der Waals surface area contributed by atoms with Gasteiger partial charge in [0.25, 0.3) is 0 Å². The summed E-state index contributed by atoms with van der Waals surface area (Å²) >= 11 is 0. The van der Waals surface area contributed by atoms with Crippen LogP contribution < -0.4 is 5.32 Å². The summed E-state index contributed by atoms with van der Waals surface area (Å²) in [5, 5.41) is 11.3. The quantitative estimate of drug-likeness (QED) is 0.605. The smallest absolute Gasteiger partial charge is 0.408 e. The number of hydrogen-bond acceptors (Lipinski definition) is 4. The first-order valence-electron chi connectivity index (χ1n) is 6.04. The van der Waals surface area contributed by atoms with Crippen LogP contribution in [-0.2, 0) is 9.53 Å². The Morgan fingerprint density at radius 3 is 2.50 bits per heavy atom. The number of alkyl carbamates (subject to hydrolysis) is 1. The van der Waals surface area contributed by atoms with Crippen molar-refractivity contribution in [1.82, 2.24) is 10.2 Å². The Labute approximate surface area is 108 Å². The Bertz CT molecular complexity index is 277. The van der Waals surface area contributed by atoms with Crippen LogP contribution in [0.15, 0.2) is 12.7 Å². The van der Waals surface area contributed by atoms with Gasteiger partial charge < -0.3 is 20.1 Å². The highest BCUT2D eigenvalue weighted by Crippen LogP contribution is 1.98. The van der Waals surface area contributed by atoms with Gasteiger partial charge in [-0.1, -0.05) is 26.5 Å². The van der Waals surface area contributed by atoms with Gasteiger partial charge in [0.2, 0.25) is 0 Å². The summed E-state index contributed by atoms with van der Waals surface area (Å²) in [7, 11) is 0. The molecule has 1 amide bonds. The van der Waals surface area contributed by atoms with Crippen LogP contribution in [0, 0.1) is 0 Å². The van der Waals surface area contributed by atoms with Crippen LogP contribution in [-0.4, -0.2) is 54.4 Å². The van der Waals surface area contributed by atoms with Gasteiger partial charge in [0, 0.05) is 6.54 Å². The number of nitrogens with one attached hydrogen (secondary N) is 1. The Balaban J connectivity index is 4.18. The van der Waals surface area contributed by atoms with Gasteiger partial charge in [0.15, 0.2) is 0 Å². The van der Waals surface area contributed by atoms with Crippen LogP contribution in [0.25, 0.3) is 0 Å². The predicted molar refractivity (Wildman–Crippen MR) is 68.5 cm³/mol. The van der Waals surface area contributed by atoms with E-state index in [1.165, 1.54) is 6.08 Å². The van der Waals surface area contributed by atoms with E-state index in [0.717, 1.165) is 13.1 Å². The Morgan fingerprint density at radius 2 is 2.06 bits per heavy atom. The van der Waals surface area contributed by atoms with Crippen LogP contribution in [0.3, 0.4) is 0 Å². The fraction of sp³-hybridized carbons (Fsp3) is 0.667. The first-order chi connectivity index (χ1) is 8.54. The Morgan fingerprint density at radius 1 is 1.44 bits per heavy atom. The lowest BCUT2D eigenvalue weighted by atomic mass is 10.2. The van der Waals surface area contributed by atoms with Crippen LogP contribution in [0.5, 0.6) is 0 Å². The number of ether oxygens (including phenoxy) is 1. The van der Waals surface area contributed by atoms with E-state index in [-0.39, 0.29) is 6.61 Å². The van der Waals surface area contributed by atoms with Crippen molar-refractivity contribution >= 4 is 12.1 Å². The van der Waals surface area contributed by atoms with Gasteiger partial charge in [-0.25, -0.2) is 9.59 Å². The first kappa shape index (κ1) is 16.4. The average molecular weight is 258 g/mol. The van der Waals surface area contributed by atoms with Crippen molar-refractivity contribution < 1.29 is 19.4 Å². The van der Waals surface area contributed by atoms with Crippen LogP contribution in [0.4, 0.5) is 4.79 Å². The summed E-state index contributed by atoms with van der Waals surface area (Å²) in [6.07, 6.45) is 1.03. The lowest BCUT2D eigenvalue weighted by Crippen LogP contribution is -2.43. The number of carbonyl (C=O) groups excluding carboxylic acids is 1. The monoisotopic (exact) mass is 258 g/mol. The molecular weight excluding hydrogens is 236 g/mol. The normalized spacial score (nSPS) is 11.9. The maximum atomic E-state index is 11.2. The largest absolute Gasteiger partial charge is 0.480 e. The van der Waals surface area contributed by atoms with Crippen LogP contribution in [0.1, 0.15) is 20.3 Å². The number of hydrogen-bond donors (Lipinski definition) is 2. The summed E-state index contributed by atoms with van der Waals surface area (Å²) in [5.74, 6) is -1.06. The van der Waals surface area contributed by atoms with E-state index in [0.29, 0.717) is 13.0 Å². The van der Waals surface area contributed by atoms with E-state index in [1.807, 2.05) is 13.8 Å². The SMILES string of the molecule is C=CCOC(=O)NC(CCN(CC)CC)C(=O)O. The molecule has 2 N–H and O–H groups in total. The number of aliphatic carboxylic acids is 1. The second-order valence-corrected chi connectivity index (χ2v) is 3.74. The van der Waals surface area contributed by atoms with E-state index in [1.54, 1.807) is 0 Å². The first-order valence-corrected chi connectivity index (χ1v) is 6.04. The van der Waals surface area contributed by atoms with E-state index in [2.05, 4.69) is 21.5 Å². The molecule has 0 fully saturated rings. The third-order valence-electron chi connectivity index (χ3n) is 2.55. The lowest BCUT2D eigenvalue weighted by molar-refractivity contribution is -0.139. The number of nitrogens with zero attached hydrogens (tertiary/aromatic N) is 1. The zero-order chi connectivity index (χ0) is 14.0. The summed E-state index contributed by atoms with van der Waals surface area (Å²) in [6, 6.07) is -0.928. The molecule has 0 aliphatic heterocycles. The van der Waals surface area contributed by atoms with Crippen molar-refractivity contribution in [2.75, 3.05) is 26.2 Å². The van der Waals surface area contributed by atoms with Gasteiger partial charge in [0.05, 0.1) is 0 Å². The summed E-state index contributed by atoms with van der Waals surface area (Å²) in [5.41, 5.74) is 0. The number of rotatable bonds is 9. The molecule has 0 aromatic heterocycles. The topological polar surface area (TPSA) is 78.9 Å². The second kappa shape index (κ2) is 9.47. The van der Waals surface area contributed by atoms with Gasteiger partial charge in [0.1, 0.15) is 12.6 Å². The number of carboxylic acid groups (broad SMARTS) is 1. The van der Waals surface area contributed by atoms with Gasteiger partial charge in [-0.2, -0.15) is 0 Å². The number of carboxylic acids is 1. The zero-order valence-electron chi connectivity index (χ0n) is 11.0. The van der Waals surface area contributed by atoms with Crippen molar-refractivity contribution in [2.24, 2.45) is 0 Å². The molecule has 0 heterocycles. The van der Waals surface area contributed by atoms with Gasteiger partial charge >= 0.3 is 12.1 Å². The van der Waals surface area contributed by atoms with Crippen molar-refractivity contribution in [2.45, 2.75) is 26.3 Å². The van der Waals surface area contributed by atoms with Crippen LogP contribution >= 0.6 is 0 Å². The van der Waals surface area contributed by atoms with Crippen molar-refractivity contribution in [3.05, 3.63) is 12.7 Å². The minimum absolute atomic E-state index is 0.0637. The lowest BCUT2D eigenvalue weighted by Gasteiger charge is -2.21. The van der Waals surface area contributed by atoms with E-state index in [9.17, 15) is 9.59 Å². The fourth-order valence-electron chi connectivity index (χ4n) is 1.43. The fourth-order valence-corrected chi connectivity index (χ4v) is 1.43. The Hall–Kier alpha value is -1.56. The Kier molecular flexibility index (Phi) is 8.65. The molecule has 104 valence electrons. The zero-order valence-corrected chi connectivity index (χ0v) is 11.0. The molecule has 0 aromatic carbocycles. The second-order valence-electron chi connectivity index (χ2n) is 3.74. The molecule has 6 heteroatoms. The molecular formula is C12H22N2O4. The molecule has 0 aromatic rings. The molecule has 0 saturated carbocycles. The van der Waals surface area contributed by atoms with E-state index < -0.39 is 18.1 Å². The summed E-state index contributed by atoms with van der Waals surface area (Å²) in [4.78, 5) is 24.3. The molecule has 6 nitrogen and oxygen atoms in total. The minimum atomic E-state index is -1.06. The average Bonchev–Trinajstić information content (AvgIpc) is 2.35. The maximum Gasteiger partial charge on any atom is 0.408 e. The number of amides is 1. The molecule has 0 spiro atoms. The molecule has 0 rings (SSSR count). The van der Waals surface area contributed by atoms with Crippen LogP contribution in [0.2, 0.25) is 0 Å². The molecule has 0 radical (unpaired) electrons. The van der Waals surface area contributed by atoms with Gasteiger partial charge in [-0.05, 0) is 19.5 Å². The third kappa shape index (κ3) is 6.90. The molecule has 0 aliphatic carbocycles. The molecule has 0 saturated heterocycles. The van der Waals surface area contributed by atoms with Crippen molar-refractivity contribution in [3.63, 3.8) is 0 Å². The highest BCUT2D eigenvalue weighted by Gasteiger charge is 2.20. The molecule has 1 atom stereocenters. The van der Waals surface area contributed by atoms with Gasteiger partial charge in [-0.15, -0.1) is 0 Å². The minimum Gasteiger partial charge on any atom is -0.480 e. The van der Waals surface area contributed by atoms with Crippen molar-refractivity contribution in [3.8, 4) is 0 Å². The molecule has 18 heavy (non-hydrogen) atoms.